The zero-order valence-electron chi connectivity index (χ0n) is 13.6. The molecule has 0 bridgehead atoms. The summed E-state index contributed by atoms with van der Waals surface area (Å²) in [6, 6.07) is 0. The zero-order chi connectivity index (χ0) is 15.2. The van der Waals surface area contributed by atoms with Gasteiger partial charge < -0.3 is 9.26 Å². The second-order valence-electron chi connectivity index (χ2n) is 6.47. The minimum atomic E-state index is 0.390. The second-order valence-corrected chi connectivity index (χ2v) is 6.47. The van der Waals surface area contributed by atoms with Gasteiger partial charge in [0.2, 0.25) is 5.89 Å². The molecule has 122 valence electrons. The van der Waals surface area contributed by atoms with E-state index in [0.29, 0.717) is 12.5 Å². The third-order valence-corrected chi connectivity index (χ3v) is 4.68. The van der Waals surface area contributed by atoms with Crippen LogP contribution >= 0.6 is 0 Å². The standard InChI is InChI=1S/C17H27N3O2/c1-21-11-9-16-18-17(22-19-16)15-8-5-10-20(13-15)12-14-6-3-2-4-7-14/h6,15H,2-5,7-13H2,1H3. The molecule has 0 saturated carbocycles. The normalized spacial score (nSPS) is 23.5. The quantitative estimate of drug-likeness (QED) is 0.756. The van der Waals surface area contributed by atoms with Crippen LogP contribution in [0, 0.1) is 0 Å². The Labute approximate surface area is 132 Å². The summed E-state index contributed by atoms with van der Waals surface area (Å²) in [5, 5.41) is 4.07. The number of nitrogens with zero attached hydrogens (tertiary/aromatic N) is 3. The molecule has 1 aromatic heterocycles. The van der Waals surface area contributed by atoms with Gasteiger partial charge in [-0.3, -0.25) is 4.90 Å². The van der Waals surface area contributed by atoms with Crippen LogP contribution in [0.25, 0.3) is 0 Å². The Morgan fingerprint density at radius 1 is 1.36 bits per heavy atom. The van der Waals surface area contributed by atoms with Crippen molar-refractivity contribution in [2.75, 3.05) is 33.4 Å². The molecule has 0 N–H and O–H groups in total. The van der Waals surface area contributed by atoms with Gasteiger partial charge in [0.25, 0.3) is 0 Å². The Morgan fingerprint density at radius 3 is 3.14 bits per heavy atom. The molecule has 1 aliphatic carbocycles. The van der Waals surface area contributed by atoms with Crippen molar-refractivity contribution in [3.05, 3.63) is 23.4 Å². The molecule has 0 aromatic carbocycles. The smallest absolute Gasteiger partial charge is 0.231 e. The second kappa shape index (κ2) is 7.88. The summed E-state index contributed by atoms with van der Waals surface area (Å²) in [7, 11) is 1.69. The summed E-state index contributed by atoms with van der Waals surface area (Å²) in [5.74, 6) is 1.97. The van der Waals surface area contributed by atoms with Crippen LogP contribution in [0.5, 0.6) is 0 Å². The Hall–Kier alpha value is -1.20. The molecule has 1 fully saturated rings. The first kappa shape index (κ1) is 15.7. The van der Waals surface area contributed by atoms with Crippen molar-refractivity contribution in [3.8, 4) is 0 Å². The Bertz CT molecular complexity index is 498. The lowest BCUT2D eigenvalue weighted by Crippen LogP contribution is -2.36. The van der Waals surface area contributed by atoms with Gasteiger partial charge in [-0.15, -0.1) is 0 Å². The maximum absolute atomic E-state index is 5.48. The number of hydrogen-bond acceptors (Lipinski definition) is 5. The van der Waals surface area contributed by atoms with Crippen LogP contribution < -0.4 is 0 Å². The fraction of sp³-hybridized carbons (Fsp3) is 0.765. The highest BCUT2D eigenvalue weighted by molar-refractivity contribution is 5.08. The molecule has 1 saturated heterocycles. The number of allylic oxidation sites excluding steroid dienone is 1. The van der Waals surface area contributed by atoms with E-state index < -0.39 is 0 Å². The van der Waals surface area contributed by atoms with E-state index in [1.807, 2.05) is 0 Å². The van der Waals surface area contributed by atoms with Crippen molar-refractivity contribution >= 4 is 0 Å². The Morgan fingerprint density at radius 2 is 2.32 bits per heavy atom. The largest absolute Gasteiger partial charge is 0.384 e. The molecular formula is C17H27N3O2. The number of rotatable bonds is 6. The van der Waals surface area contributed by atoms with E-state index >= 15 is 0 Å². The monoisotopic (exact) mass is 305 g/mol. The minimum Gasteiger partial charge on any atom is -0.384 e. The lowest BCUT2D eigenvalue weighted by molar-refractivity contribution is 0.195. The maximum Gasteiger partial charge on any atom is 0.231 e. The number of hydrogen-bond donors (Lipinski definition) is 0. The third kappa shape index (κ3) is 4.17. The van der Waals surface area contributed by atoms with Crippen molar-refractivity contribution in [2.24, 2.45) is 0 Å². The van der Waals surface area contributed by atoms with Gasteiger partial charge in [0.15, 0.2) is 5.82 Å². The van der Waals surface area contributed by atoms with Crippen LogP contribution in [0.4, 0.5) is 0 Å². The van der Waals surface area contributed by atoms with Crippen LogP contribution in [0.3, 0.4) is 0 Å². The van der Waals surface area contributed by atoms with E-state index in [4.69, 9.17) is 9.26 Å². The SMILES string of the molecule is COCCc1noc(C2CCCN(CC3=CCCCC3)C2)n1. The van der Waals surface area contributed by atoms with Crippen molar-refractivity contribution in [1.82, 2.24) is 15.0 Å². The predicted octanol–water partition coefficient (Wildman–Crippen LogP) is 2.94. The van der Waals surface area contributed by atoms with Gasteiger partial charge in [-0.05, 0) is 45.1 Å². The molecular weight excluding hydrogens is 278 g/mol. The molecule has 5 heteroatoms. The summed E-state index contributed by atoms with van der Waals surface area (Å²) >= 11 is 0. The first-order valence-corrected chi connectivity index (χ1v) is 8.57. The highest BCUT2D eigenvalue weighted by Gasteiger charge is 2.26. The van der Waals surface area contributed by atoms with Crippen molar-refractivity contribution in [2.45, 2.75) is 50.9 Å². The number of aromatic nitrogens is 2. The number of ether oxygens (including phenoxy) is 1. The summed E-state index contributed by atoms with van der Waals surface area (Å²) in [5.41, 5.74) is 1.62. The third-order valence-electron chi connectivity index (χ3n) is 4.68. The molecule has 1 atom stereocenters. The summed E-state index contributed by atoms with van der Waals surface area (Å²) in [4.78, 5) is 7.11. The van der Waals surface area contributed by atoms with Crippen molar-refractivity contribution < 1.29 is 9.26 Å². The van der Waals surface area contributed by atoms with E-state index in [1.54, 1.807) is 12.7 Å². The highest BCUT2D eigenvalue weighted by atomic mass is 16.5. The van der Waals surface area contributed by atoms with Gasteiger partial charge in [0.1, 0.15) is 0 Å². The van der Waals surface area contributed by atoms with Crippen LogP contribution in [-0.2, 0) is 11.2 Å². The fourth-order valence-corrected chi connectivity index (χ4v) is 3.46. The topological polar surface area (TPSA) is 51.4 Å². The van der Waals surface area contributed by atoms with E-state index in [2.05, 4.69) is 21.1 Å². The maximum atomic E-state index is 5.48. The fourth-order valence-electron chi connectivity index (χ4n) is 3.46. The zero-order valence-corrected chi connectivity index (χ0v) is 13.6. The molecule has 0 amide bonds. The number of likely N-dealkylation sites (tertiary alicyclic amines) is 1. The summed E-state index contributed by atoms with van der Waals surface area (Å²) in [6.45, 7) is 4.01. The molecule has 2 heterocycles. The average molecular weight is 305 g/mol. The van der Waals surface area contributed by atoms with Gasteiger partial charge in [-0.2, -0.15) is 4.98 Å². The van der Waals surface area contributed by atoms with Crippen molar-refractivity contribution in [3.63, 3.8) is 0 Å². The molecule has 0 radical (unpaired) electrons. The van der Waals surface area contributed by atoms with Crippen LogP contribution in [0.1, 0.15) is 56.2 Å². The van der Waals surface area contributed by atoms with Crippen LogP contribution in [0.15, 0.2) is 16.2 Å². The first-order valence-electron chi connectivity index (χ1n) is 8.57. The number of piperidine rings is 1. The predicted molar refractivity (Wildman–Crippen MR) is 84.8 cm³/mol. The van der Waals surface area contributed by atoms with E-state index in [-0.39, 0.29) is 0 Å². The van der Waals surface area contributed by atoms with Gasteiger partial charge >= 0.3 is 0 Å². The van der Waals surface area contributed by atoms with E-state index in [9.17, 15) is 0 Å². The highest BCUT2D eigenvalue weighted by Crippen LogP contribution is 2.27. The van der Waals surface area contributed by atoms with Crippen molar-refractivity contribution in [1.29, 1.82) is 0 Å². The molecule has 1 aromatic rings. The molecule has 3 rings (SSSR count). The lowest BCUT2D eigenvalue weighted by atomic mass is 9.95. The molecule has 2 aliphatic rings. The van der Waals surface area contributed by atoms with Gasteiger partial charge in [-0.25, -0.2) is 0 Å². The molecule has 22 heavy (non-hydrogen) atoms. The minimum absolute atomic E-state index is 0.390. The molecule has 1 unspecified atom stereocenters. The van der Waals surface area contributed by atoms with Crippen LogP contribution in [-0.4, -0.2) is 48.4 Å². The first-order chi connectivity index (χ1) is 10.8. The average Bonchev–Trinajstić information content (AvgIpc) is 3.03. The van der Waals surface area contributed by atoms with Crippen LogP contribution in [0.2, 0.25) is 0 Å². The summed E-state index contributed by atoms with van der Waals surface area (Å²) in [6.07, 6.45) is 10.8. The Kier molecular flexibility index (Phi) is 5.62. The Balaban J connectivity index is 1.55. The molecule has 5 nitrogen and oxygen atoms in total. The van der Waals surface area contributed by atoms with Gasteiger partial charge in [0, 0.05) is 26.6 Å². The summed E-state index contributed by atoms with van der Waals surface area (Å²) < 4.78 is 10.5. The van der Waals surface area contributed by atoms with E-state index in [1.165, 1.54) is 38.6 Å². The molecule has 1 aliphatic heterocycles. The molecule has 0 spiro atoms. The van der Waals surface area contributed by atoms with Gasteiger partial charge in [-0.1, -0.05) is 16.8 Å². The van der Waals surface area contributed by atoms with Gasteiger partial charge in [0.05, 0.1) is 12.5 Å². The number of methoxy groups -OCH3 is 1. The lowest BCUT2D eigenvalue weighted by Gasteiger charge is -2.32. The van der Waals surface area contributed by atoms with E-state index in [0.717, 1.165) is 37.6 Å².